The molecule has 2 rings (SSSR count). The van der Waals surface area contributed by atoms with Crippen LogP contribution in [0.15, 0.2) is 30.6 Å². The molecular weight excluding hydrogens is 236 g/mol. The Balaban J connectivity index is 2.45. The number of aromatic nitrogens is 2. The highest BCUT2D eigenvalue weighted by Gasteiger charge is 2.08. The molecule has 0 fully saturated rings. The normalized spacial score (nSPS) is 10.3. The summed E-state index contributed by atoms with van der Waals surface area (Å²) in [6.45, 7) is 4.51. The molecule has 0 unspecified atom stereocenters. The Morgan fingerprint density at radius 3 is 2.88 bits per heavy atom. The minimum atomic E-state index is 0.483. The highest BCUT2D eigenvalue weighted by molar-refractivity contribution is 6.30. The highest BCUT2D eigenvalue weighted by Crippen LogP contribution is 2.27. The zero-order chi connectivity index (χ0) is 12.3. The van der Waals surface area contributed by atoms with E-state index in [0.29, 0.717) is 11.8 Å². The van der Waals surface area contributed by atoms with Gasteiger partial charge in [0.2, 0.25) is 0 Å². The van der Waals surface area contributed by atoms with E-state index in [1.54, 1.807) is 0 Å². The molecule has 0 radical (unpaired) electrons. The maximum atomic E-state index is 5.98. The third kappa shape index (κ3) is 2.56. The molecule has 0 saturated carbocycles. The van der Waals surface area contributed by atoms with Crippen LogP contribution in [-0.2, 0) is 0 Å². The molecule has 0 aliphatic carbocycles. The van der Waals surface area contributed by atoms with Gasteiger partial charge in [0, 0.05) is 11.1 Å². The van der Waals surface area contributed by atoms with Gasteiger partial charge in [0.15, 0.2) is 0 Å². The van der Waals surface area contributed by atoms with Crippen molar-refractivity contribution in [1.29, 1.82) is 0 Å². The van der Waals surface area contributed by atoms with Gasteiger partial charge in [0.1, 0.15) is 17.2 Å². The molecule has 1 heterocycles. The third-order valence-corrected chi connectivity index (χ3v) is 2.82. The van der Waals surface area contributed by atoms with Crippen LogP contribution in [0, 0.1) is 6.92 Å². The number of rotatable bonds is 3. The predicted molar refractivity (Wildman–Crippen MR) is 68.4 cm³/mol. The highest BCUT2D eigenvalue weighted by atomic mass is 35.5. The third-order valence-electron chi connectivity index (χ3n) is 2.44. The minimum Gasteiger partial charge on any atom is -0.494 e. The smallest absolute Gasteiger partial charge is 0.135 e. The van der Waals surface area contributed by atoms with Gasteiger partial charge >= 0.3 is 0 Å². The quantitative estimate of drug-likeness (QED) is 0.780. The lowest BCUT2D eigenvalue weighted by molar-refractivity contribution is 0.340. The first-order chi connectivity index (χ1) is 8.22. The second-order valence-corrected chi connectivity index (χ2v) is 3.96. The average molecular weight is 249 g/mol. The van der Waals surface area contributed by atoms with E-state index in [-0.39, 0.29) is 0 Å². The summed E-state index contributed by atoms with van der Waals surface area (Å²) in [5.74, 6) is 0.833. The summed E-state index contributed by atoms with van der Waals surface area (Å²) in [7, 11) is 0. The van der Waals surface area contributed by atoms with Gasteiger partial charge in [-0.15, -0.1) is 0 Å². The minimum absolute atomic E-state index is 0.483. The van der Waals surface area contributed by atoms with Crippen LogP contribution in [0.5, 0.6) is 5.75 Å². The first-order valence-corrected chi connectivity index (χ1v) is 5.80. The Hall–Kier alpha value is -1.61. The number of hydrogen-bond donors (Lipinski definition) is 0. The first-order valence-electron chi connectivity index (χ1n) is 5.42. The fraction of sp³-hybridized carbons (Fsp3) is 0.231. The average Bonchev–Trinajstić information content (AvgIpc) is 2.33. The van der Waals surface area contributed by atoms with Crippen molar-refractivity contribution < 1.29 is 4.74 Å². The monoisotopic (exact) mass is 248 g/mol. The van der Waals surface area contributed by atoms with Gasteiger partial charge in [-0.1, -0.05) is 23.7 Å². The Labute approximate surface area is 105 Å². The van der Waals surface area contributed by atoms with Crippen LogP contribution in [0.3, 0.4) is 0 Å². The Morgan fingerprint density at radius 1 is 1.29 bits per heavy atom. The molecule has 0 aliphatic rings. The van der Waals surface area contributed by atoms with Crippen LogP contribution in [0.1, 0.15) is 12.5 Å². The lowest BCUT2D eigenvalue weighted by Crippen LogP contribution is -1.94. The Bertz CT molecular complexity index is 529. The zero-order valence-electron chi connectivity index (χ0n) is 9.77. The summed E-state index contributed by atoms with van der Waals surface area (Å²) in [5.41, 5.74) is 2.70. The van der Waals surface area contributed by atoms with Crippen LogP contribution >= 0.6 is 11.6 Å². The van der Waals surface area contributed by atoms with Gasteiger partial charge in [-0.2, -0.15) is 0 Å². The molecule has 88 valence electrons. The number of ether oxygens (including phenoxy) is 1. The van der Waals surface area contributed by atoms with Crippen molar-refractivity contribution >= 4 is 11.6 Å². The molecule has 1 aromatic heterocycles. The number of halogens is 1. The summed E-state index contributed by atoms with van der Waals surface area (Å²) in [6, 6.07) is 7.80. The second-order valence-electron chi connectivity index (χ2n) is 3.60. The van der Waals surface area contributed by atoms with Crippen molar-refractivity contribution in [3.8, 4) is 17.0 Å². The summed E-state index contributed by atoms with van der Waals surface area (Å²) >= 11 is 5.98. The van der Waals surface area contributed by atoms with E-state index in [4.69, 9.17) is 16.3 Å². The van der Waals surface area contributed by atoms with Gasteiger partial charge in [-0.05, 0) is 26.0 Å². The van der Waals surface area contributed by atoms with E-state index in [2.05, 4.69) is 9.97 Å². The van der Waals surface area contributed by atoms with Crippen molar-refractivity contribution in [3.05, 3.63) is 41.3 Å². The lowest BCUT2D eigenvalue weighted by Gasteiger charge is -2.08. The van der Waals surface area contributed by atoms with Gasteiger partial charge in [-0.3, -0.25) is 0 Å². The summed E-state index contributed by atoms with van der Waals surface area (Å²) < 4.78 is 5.46. The summed E-state index contributed by atoms with van der Waals surface area (Å²) in [6.07, 6.45) is 1.47. The van der Waals surface area contributed by atoms with E-state index in [0.717, 1.165) is 22.6 Å². The van der Waals surface area contributed by atoms with E-state index >= 15 is 0 Å². The molecule has 17 heavy (non-hydrogen) atoms. The van der Waals surface area contributed by atoms with Gasteiger partial charge in [0.05, 0.1) is 12.3 Å². The van der Waals surface area contributed by atoms with Crippen molar-refractivity contribution in [2.75, 3.05) is 6.61 Å². The molecule has 0 spiro atoms. The maximum absolute atomic E-state index is 5.98. The van der Waals surface area contributed by atoms with E-state index in [1.165, 1.54) is 6.33 Å². The molecule has 0 amide bonds. The SMILES string of the molecule is CCOc1cccc(-c2ncnc(Cl)c2C)c1. The van der Waals surface area contributed by atoms with Gasteiger partial charge < -0.3 is 4.74 Å². The van der Waals surface area contributed by atoms with E-state index in [1.807, 2.05) is 38.1 Å². The number of benzene rings is 1. The van der Waals surface area contributed by atoms with Crippen LogP contribution in [0.25, 0.3) is 11.3 Å². The first kappa shape index (κ1) is 11.9. The van der Waals surface area contributed by atoms with Crippen molar-refractivity contribution in [2.24, 2.45) is 0 Å². The van der Waals surface area contributed by atoms with Crippen molar-refractivity contribution in [3.63, 3.8) is 0 Å². The van der Waals surface area contributed by atoms with Crippen LogP contribution in [-0.4, -0.2) is 16.6 Å². The molecule has 0 aliphatic heterocycles. The molecule has 2 aromatic rings. The lowest BCUT2D eigenvalue weighted by atomic mass is 10.1. The molecule has 0 N–H and O–H groups in total. The Kier molecular flexibility index (Phi) is 3.59. The molecule has 0 atom stereocenters. The van der Waals surface area contributed by atoms with Crippen molar-refractivity contribution in [2.45, 2.75) is 13.8 Å². The number of hydrogen-bond acceptors (Lipinski definition) is 3. The largest absolute Gasteiger partial charge is 0.494 e. The summed E-state index contributed by atoms with van der Waals surface area (Å²) in [4.78, 5) is 8.21. The van der Waals surface area contributed by atoms with Crippen LogP contribution in [0.4, 0.5) is 0 Å². The fourth-order valence-electron chi connectivity index (χ4n) is 1.62. The van der Waals surface area contributed by atoms with E-state index < -0.39 is 0 Å². The zero-order valence-corrected chi connectivity index (χ0v) is 10.5. The molecule has 3 nitrogen and oxygen atoms in total. The molecule has 1 aromatic carbocycles. The maximum Gasteiger partial charge on any atom is 0.135 e. The topological polar surface area (TPSA) is 35.0 Å². The van der Waals surface area contributed by atoms with Crippen LogP contribution < -0.4 is 4.74 Å². The molecule has 0 bridgehead atoms. The predicted octanol–water partition coefficient (Wildman–Crippen LogP) is 3.50. The van der Waals surface area contributed by atoms with Crippen LogP contribution in [0.2, 0.25) is 5.15 Å². The fourth-order valence-corrected chi connectivity index (χ4v) is 1.75. The molecule has 0 saturated heterocycles. The standard InChI is InChI=1S/C13H13ClN2O/c1-3-17-11-6-4-5-10(7-11)12-9(2)13(14)16-8-15-12/h4-8H,3H2,1-2H3. The second kappa shape index (κ2) is 5.15. The van der Waals surface area contributed by atoms with Gasteiger partial charge in [-0.25, -0.2) is 9.97 Å². The molecular formula is C13H13ClN2O. The van der Waals surface area contributed by atoms with Gasteiger partial charge in [0.25, 0.3) is 0 Å². The summed E-state index contributed by atoms with van der Waals surface area (Å²) in [5, 5.41) is 0.483. The van der Waals surface area contributed by atoms with E-state index in [9.17, 15) is 0 Å². The Morgan fingerprint density at radius 2 is 2.12 bits per heavy atom. The number of nitrogens with zero attached hydrogens (tertiary/aromatic N) is 2. The van der Waals surface area contributed by atoms with Crippen molar-refractivity contribution in [1.82, 2.24) is 9.97 Å². The molecule has 4 heteroatoms.